The monoisotopic (exact) mass is 262 g/mol. The van der Waals surface area contributed by atoms with Crippen molar-refractivity contribution < 1.29 is 9.53 Å². The van der Waals surface area contributed by atoms with Crippen molar-refractivity contribution in [2.24, 2.45) is 11.7 Å². The molecule has 1 saturated heterocycles. The fourth-order valence-electron chi connectivity index (χ4n) is 2.39. The molecular weight excluding hydrogens is 240 g/mol. The van der Waals surface area contributed by atoms with E-state index in [1.54, 1.807) is 0 Å². The molecule has 2 rings (SSSR count). The lowest BCUT2D eigenvalue weighted by Crippen LogP contribution is -2.39. The van der Waals surface area contributed by atoms with Crippen molar-refractivity contribution in [1.82, 2.24) is 0 Å². The van der Waals surface area contributed by atoms with Crippen LogP contribution < -0.4 is 10.6 Å². The second-order valence-electron chi connectivity index (χ2n) is 4.85. The molecule has 0 aromatic heterocycles. The summed E-state index contributed by atoms with van der Waals surface area (Å²) >= 11 is 0. The molecule has 0 saturated carbocycles. The molecule has 4 heteroatoms. The predicted octanol–water partition coefficient (Wildman–Crippen LogP) is 1.79. The van der Waals surface area contributed by atoms with E-state index in [4.69, 9.17) is 10.5 Å². The number of benzene rings is 1. The molecule has 4 nitrogen and oxygen atoms in total. The van der Waals surface area contributed by atoms with Crippen LogP contribution >= 0.6 is 0 Å². The lowest BCUT2D eigenvalue weighted by atomic mass is 9.98. The van der Waals surface area contributed by atoms with Gasteiger partial charge >= 0.3 is 0 Å². The van der Waals surface area contributed by atoms with E-state index >= 15 is 0 Å². The van der Waals surface area contributed by atoms with Gasteiger partial charge in [-0.1, -0.05) is 18.2 Å². The topological polar surface area (TPSA) is 55.6 Å². The summed E-state index contributed by atoms with van der Waals surface area (Å²) in [5.41, 5.74) is 6.54. The number of amides is 1. The van der Waals surface area contributed by atoms with Crippen molar-refractivity contribution in [3.05, 3.63) is 30.3 Å². The molecule has 0 spiro atoms. The van der Waals surface area contributed by atoms with Gasteiger partial charge in [-0.05, 0) is 37.9 Å². The van der Waals surface area contributed by atoms with E-state index in [-0.39, 0.29) is 11.8 Å². The summed E-state index contributed by atoms with van der Waals surface area (Å²) in [5, 5.41) is 0. The van der Waals surface area contributed by atoms with E-state index in [0.29, 0.717) is 26.3 Å². The Morgan fingerprint density at radius 2 is 1.95 bits per heavy atom. The first-order valence-electron chi connectivity index (χ1n) is 6.97. The molecule has 19 heavy (non-hydrogen) atoms. The minimum atomic E-state index is 0.0896. The standard InChI is InChI=1S/C15H22N2O2/c16-9-4-10-17(14-5-2-1-3-6-14)15(18)13-7-11-19-12-8-13/h1-3,5-6,13H,4,7-12,16H2. The van der Waals surface area contributed by atoms with E-state index in [2.05, 4.69) is 0 Å². The van der Waals surface area contributed by atoms with Crippen molar-refractivity contribution in [2.45, 2.75) is 19.3 Å². The Morgan fingerprint density at radius 1 is 1.26 bits per heavy atom. The Hall–Kier alpha value is -1.39. The van der Waals surface area contributed by atoms with Crippen LogP contribution in [0.25, 0.3) is 0 Å². The fourth-order valence-corrected chi connectivity index (χ4v) is 2.39. The van der Waals surface area contributed by atoms with Crippen LogP contribution in [0, 0.1) is 5.92 Å². The van der Waals surface area contributed by atoms with Gasteiger partial charge in [0.25, 0.3) is 0 Å². The van der Waals surface area contributed by atoms with Gasteiger partial charge in [0.1, 0.15) is 0 Å². The number of ether oxygens (including phenoxy) is 1. The van der Waals surface area contributed by atoms with Gasteiger partial charge in [0.2, 0.25) is 5.91 Å². The molecule has 0 unspecified atom stereocenters. The Kier molecular flexibility index (Phi) is 5.36. The van der Waals surface area contributed by atoms with Gasteiger partial charge in [-0.3, -0.25) is 4.79 Å². The molecule has 1 aromatic carbocycles. The summed E-state index contributed by atoms with van der Waals surface area (Å²) in [5.74, 6) is 0.301. The van der Waals surface area contributed by atoms with Crippen LogP contribution in [-0.2, 0) is 9.53 Å². The minimum Gasteiger partial charge on any atom is -0.381 e. The minimum absolute atomic E-state index is 0.0896. The summed E-state index contributed by atoms with van der Waals surface area (Å²) in [6, 6.07) is 9.84. The molecule has 0 atom stereocenters. The van der Waals surface area contributed by atoms with Gasteiger partial charge in [-0.2, -0.15) is 0 Å². The second kappa shape index (κ2) is 7.26. The molecule has 1 fully saturated rings. The zero-order chi connectivity index (χ0) is 13.5. The highest BCUT2D eigenvalue weighted by molar-refractivity contribution is 5.95. The molecule has 1 amide bonds. The average Bonchev–Trinajstić information content (AvgIpc) is 2.49. The Balaban J connectivity index is 2.10. The number of carbonyl (C=O) groups is 1. The highest BCUT2D eigenvalue weighted by Crippen LogP contribution is 2.22. The summed E-state index contributed by atoms with van der Waals surface area (Å²) < 4.78 is 5.33. The Bertz CT molecular complexity index is 388. The number of hydrogen-bond donors (Lipinski definition) is 1. The predicted molar refractivity (Wildman–Crippen MR) is 76.0 cm³/mol. The molecular formula is C15H22N2O2. The van der Waals surface area contributed by atoms with Crippen molar-refractivity contribution >= 4 is 11.6 Å². The molecule has 0 aliphatic carbocycles. The zero-order valence-electron chi connectivity index (χ0n) is 11.3. The van der Waals surface area contributed by atoms with Gasteiger partial charge in [0, 0.05) is 31.4 Å². The fraction of sp³-hybridized carbons (Fsp3) is 0.533. The van der Waals surface area contributed by atoms with Gasteiger partial charge in [0.05, 0.1) is 0 Å². The lowest BCUT2D eigenvalue weighted by Gasteiger charge is -2.29. The summed E-state index contributed by atoms with van der Waals surface area (Å²) in [7, 11) is 0. The highest BCUT2D eigenvalue weighted by Gasteiger charge is 2.26. The summed E-state index contributed by atoms with van der Waals surface area (Å²) in [6.07, 6.45) is 2.47. The average molecular weight is 262 g/mol. The third-order valence-corrected chi connectivity index (χ3v) is 3.49. The first-order valence-corrected chi connectivity index (χ1v) is 6.97. The number of hydrogen-bond acceptors (Lipinski definition) is 3. The van der Waals surface area contributed by atoms with E-state index < -0.39 is 0 Å². The highest BCUT2D eigenvalue weighted by atomic mass is 16.5. The molecule has 2 N–H and O–H groups in total. The van der Waals surface area contributed by atoms with Crippen molar-refractivity contribution in [2.75, 3.05) is 31.2 Å². The van der Waals surface area contributed by atoms with Crippen molar-refractivity contribution in [3.63, 3.8) is 0 Å². The van der Waals surface area contributed by atoms with E-state index in [9.17, 15) is 4.79 Å². The third kappa shape index (κ3) is 3.78. The van der Waals surface area contributed by atoms with Crippen LogP contribution in [-0.4, -0.2) is 32.2 Å². The third-order valence-electron chi connectivity index (χ3n) is 3.49. The maximum Gasteiger partial charge on any atom is 0.230 e. The zero-order valence-corrected chi connectivity index (χ0v) is 11.3. The smallest absolute Gasteiger partial charge is 0.230 e. The molecule has 0 radical (unpaired) electrons. The van der Waals surface area contributed by atoms with Gasteiger partial charge in [-0.25, -0.2) is 0 Å². The molecule has 1 aliphatic rings. The van der Waals surface area contributed by atoms with Gasteiger partial charge < -0.3 is 15.4 Å². The molecule has 1 aromatic rings. The number of anilines is 1. The SMILES string of the molecule is NCCCN(C(=O)C1CCOCC1)c1ccccc1. The van der Waals surface area contributed by atoms with Crippen molar-refractivity contribution in [1.29, 1.82) is 0 Å². The number of rotatable bonds is 5. The van der Waals surface area contributed by atoms with Crippen LogP contribution in [0.2, 0.25) is 0 Å². The summed E-state index contributed by atoms with van der Waals surface area (Å²) in [6.45, 7) is 2.67. The number of nitrogens with two attached hydrogens (primary N) is 1. The van der Waals surface area contributed by atoms with Gasteiger partial charge in [-0.15, -0.1) is 0 Å². The van der Waals surface area contributed by atoms with E-state index in [0.717, 1.165) is 24.9 Å². The van der Waals surface area contributed by atoms with E-state index in [1.165, 1.54) is 0 Å². The normalized spacial score (nSPS) is 16.3. The van der Waals surface area contributed by atoms with Crippen LogP contribution in [0.5, 0.6) is 0 Å². The van der Waals surface area contributed by atoms with Crippen LogP contribution in [0.3, 0.4) is 0 Å². The van der Waals surface area contributed by atoms with E-state index in [1.807, 2.05) is 35.2 Å². The van der Waals surface area contributed by atoms with Crippen LogP contribution in [0.15, 0.2) is 30.3 Å². The number of nitrogens with zero attached hydrogens (tertiary/aromatic N) is 1. The largest absolute Gasteiger partial charge is 0.381 e. The Morgan fingerprint density at radius 3 is 2.58 bits per heavy atom. The Labute approximate surface area is 114 Å². The maximum atomic E-state index is 12.6. The first kappa shape index (κ1) is 14.0. The van der Waals surface area contributed by atoms with Crippen LogP contribution in [0.1, 0.15) is 19.3 Å². The maximum absolute atomic E-state index is 12.6. The molecule has 0 bridgehead atoms. The van der Waals surface area contributed by atoms with Crippen LogP contribution in [0.4, 0.5) is 5.69 Å². The molecule has 1 aliphatic heterocycles. The second-order valence-corrected chi connectivity index (χ2v) is 4.85. The van der Waals surface area contributed by atoms with Gasteiger partial charge in [0.15, 0.2) is 0 Å². The quantitative estimate of drug-likeness (QED) is 0.880. The lowest BCUT2D eigenvalue weighted by molar-refractivity contribution is -0.125. The van der Waals surface area contributed by atoms with Crippen molar-refractivity contribution in [3.8, 4) is 0 Å². The first-order chi connectivity index (χ1) is 9.33. The number of carbonyl (C=O) groups excluding carboxylic acids is 1. The molecule has 1 heterocycles. The summed E-state index contributed by atoms with van der Waals surface area (Å²) in [4.78, 5) is 14.5. The number of para-hydroxylation sites is 1. The molecule has 104 valence electrons.